The van der Waals surface area contributed by atoms with E-state index in [1.807, 2.05) is 48.6 Å². The van der Waals surface area contributed by atoms with Crippen molar-refractivity contribution in [3.63, 3.8) is 0 Å². The minimum absolute atomic E-state index is 0.245. The van der Waals surface area contributed by atoms with Crippen molar-refractivity contribution in [1.82, 2.24) is 4.98 Å². The molecule has 6 aromatic carbocycles. The second kappa shape index (κ2) is 11.9. The lowest BCUT2D eigenvalue weighted by atomic mass is 9.84. The minimum Gasteiger partial charge on any atom is -0.399 e. The summed E-state index contributed by atoms with van der Waals surface area (Å²) in [6.07, 6.45) is 9.05. The summed E-state index contributed by atoms with van der Waals surface area (Å²) in [7, 11) is 0. The Balaban J connectivity index is 0.000000209. The number of hydrogen-bond donors (Lipinski definition) is 3. The summed E-state index contributed by atoms with van der Waals surface area (Å²) < 4.78 is 0. The number of aromatic nitrogens is 1. The predicted molar refractivity (Wildman–Crippen MR) is 191 cm³/mol. The Hall–Kier alpha value is -6.13. The third-order valence-corrected chi connectivity index (χ3v) is 8.18. The lowest BCUT2D eigenvalue weighted by molar-refractivity contribution is 1.33. The molecule has 4 heteroatoms. The Morgan fingerprint density at radius 2 is 1.09 bits per heavy atom. The Labute approximate surface area is 261 Å². The molecule has 1 aliphatic rings. The van der Waals surface area contributed by atoms with E-state index in [9.17, 15) is 0 Å². The summed E-state index contributed by atoms with van der Waals surface area (Å²) in [4.78, 5) is 3.96. The molecule has 1 heterocycles. The van der Waals surface area contributed by atoms with E-state index in [1.165, 1.54) is 32.7 Å². The van der Waals surface area contributed by atoms with Crippen LogP contribution in [0.3, 0.4) is 0 Å². The zero-order valence-corrected chi connectivity index (χ0v) is 24.5. The van der Waals surface area contributed by atoms with Crippen molar-refractivity contribution in [2.24, 2.45) is 0 Å². The predicted octanol–water partition coefficient (Wildman–Crippen LogP) is 10.1. The highest BCUT2D eigenvalue weighted by molar-refractivity contribution is 6.50. The van der Waals surface area contributed by atoms with Gasteiger partial charge in [-0.05, 0) is 108 Å². The second-order valence-corrected chi connectivity index (χ2v) is 11.0. The second-order valence-electron chi connectivity index (χ2n) is 11.0. The number of nitrogen functional groups attached to an aromatic ring is 1. The molecule has 4 nitrogen and oxygen atoms in total. The van der Waals surface area contributed by atoms with Crippen LogP contribution in [0, 0.1) is 10.8 Å². The summed E-state index contributed by atoms with van der Waals surface area (Å²) in [5.41, 5.74) is 13.8. The average molecular weight is 579 g/mol. The SMILES string of the molecule is N=C1C=CC(c2c3ccccc3c(-c3ccc4ccccc4c3)c3ccccc23)=CC1=N.Nc1cccc(-c2ccncc2)c1. The van der Waals surface area contributed by atoms with Crippen LogP contribution in [0.2, 0.25) is 0 Å². The fourth-order valence-electron chi connectivity index (χ4n) is 6.06. The Morgan fingerprint density at radius 1 is 0.467 bits per heavy atom. The van der Waals surface area contributed by atoms with Crippen molar-refractivity contribution in [2.75, 3.05) is 5.73 Å². The molecule has 0 fully saturated rings. The molecule has 8 rings (SSSR count). The Kier molecular flexibility index (Phi) is 7.30. The first-order chi connectivity index (χ1) is 22.1. The molecule has 0 unspecified atom stereocenters. The molecule has 0 saturated carbocycles. The van der Waals surface area contributed by atoms with Gasteiger partial charge in [-0.3, -0.25) is 15.8 Å². The molecule has 4 N–H and O–H groups in total. The van der Waals surface area contributed by atoms with Crippen LogP contribution in [0.1, 0.15) is 5.56 Å². The number of nitrogens with zero attached hydrogens (tertiary/aromatic N) is 1. The van der Waals surface area contributed by atoms with Crippen molar-refractivity contribution in [1.29, 1.82) is 10.8 Å². The van der Waals surface area contributed by atoms with Crippen LogP contribution in [0.25, 0.3) is 60.1 Å². The molecule has 0 aliphatic heterocycles. The standard InChI is InChI=1S/C30H20N2.C11H10N2/c31-27-16-15-22(18-28(27)32)30-25-11-5-3-9-23(25)29(24-10-4-6-12-26(24)30)21-14-13-19-7-1-2-8-20(19)17-21;12-11-3-1-2-10(8-11)9-4-6-13-7-5-9/h1-18,31-32H;1-8H,12H2. The van der Waals surface area contributed by atoms with Gasteiger partial charge in [-0.1, -0.05) is 103 Å². The first-order valence-electron chi connectivity index (χ1n) is 14.8. The molecule has 0 bridgehead atoms. The smallest absolute Gasteiger partial charge is 0.0795 e. The van der Waals surface area contributed by atoms with E-state index in [0.29, 0.717) is 0 Å². The zero-order chi connectivity index (χ0) is 30.8. The molecule has 214 valence electrons. The van der Waals surface area contributed by atoms with Crippen molar-refractivity contribution >= 4 is 55.0 Å². The zero-order valence-electron chi connectivity index (χ0n) is 24.5. The Morgan fingerprint density at radius 3 is 1.73 bits per heavy atom. The van der Waals surface area contributed by atoms with Gasteiger partial charge in [0.25, 0.3) is 0 Å². The highest BCUT2D eigenvalue weighted by atomic mass is 14.6. The topological polar surface area (TPSA) is 86.6 Å². The fourth-order valence-corrected chi connectivity index (χ4v) is 6.06. The number of nitrogens with two attached hydrogens (primary N) is 1. The van der Waals surface area contributed by atoms with Gasteiger partial charge < -0.3 is 5.73 Å². The number of hydrogen-bond acceptors (Lipinski definition) is 4. The lowest BCUT2D eigenvalue weighted by Crippen LogP contribution is -2.10. The number of fused-ring (bicyclic) bond motifs is 3. The van der Waals surface area contributed by atoms with Gasteiger partial charge in [0.1, 0.15) is 0 Å². The molecule has 0 atom stereocenters. The highest BCUT2D eigenvalue weighted by Gasteiger charge is 2.18. The van der Waals surface area contributed by atoms with E-state index in [2.05, 4.69) is 96.0 Å². The molecule has 7 aromatic rings. The largest absolute Gasteiger partial charge is 0.399 e. The summed E-state index contributed by atoms with van der Waals surface area (Å²) in [6, 6.07) is 44.0. The number of rotatable bonds is 3. The van der Waals surface area contributed by atoms with Crippen LogP contribution in [0.15, 0.2) is 158 Å². The summed E-state index contributed by atoms with van der Waals surface area (Å²) >= 11 is 0. The third kappa shape index (κ3) is 5.41. The van der Waals surface area contributed by atoms with Crippen LogP contribution in [-0.4, -0.2) is 16.4 Å². The van der Waals surface area contributed by atoms with Crippen LogP contribution in [0.5, 0.6) is 0 Å². The van der Waals surface area contributed by atoms with Crippen molar-refractivity contribution in [3.8, 4) is 22.3 Å². The monoisotopic (exact) mass is 578 g/mol. The first kappa shape index (κ1) is 27.7. The van der Waals surface area contributed by atoms with E-state index in [0.717, 1.165) is 38.7 Å². The minimum atomic E-state index is 0.245. The quantitative estimate of drug-likeness (QED) is 0.111. The lowest BCUT2D eigenvalue weighted by Gasteiger charge is -2.19. The van der Waals surface area contributed by atoms with E-state index < -0.39 is 0 Å². The van der Waals surface area contributed by atoms with E-state index in [4.69, 9.17) is 16.6 Å². The maximum Gasteiger partial charge on any atom is 0.0795 e. The molecule has 0 spiro atoms. The molecular formula is C41H30N4. The number of benzene rings is 6. The van der Waals surface area contributed by atoms with E-state index in [1.54, 1.807) is 18.5 Å². The molecule has 45 heavy (non-hydrogen) atoms. The molecule has 1 aromatic heterocycles. The summed E-state index contributed by atoms with van der Waals surface area (Å²) in [5.74, 6) is 0. The van der Waals surface area contributed by atoms with Gasteiger partial charge in [-0.15, -0.1) is 0 Å². The van der Waals surface area contributed by atoms with E-state index in [-0.39, 0.29) is 11.4 Å². The van der Waals surface area contributed by atoms with Crippen LogP contribution in [0.4, 0.5) is 5.69 Å². The van der Waals surface area contributed by atoms with Gasteiger partial charge in [-0.25, -0.2) is 0 Å². The first-order valence-corrected chi connectivity index (χ1v) is 14.8. The molecule has 1 aliphatic carbocycles. The third-order valence-electron chi connectivity index (χ3n) is 8.18. The van der Waals surface area contributed by atoms with Gasteiger partial charge >= 0.3 is 0 Å². The highest BCUT2D eigenvalue weighted by Crippen LogP contribution is 2.43. The van der Waals surface area contributed by atoms with Gasteiger partial charge in [0.05, 0.1) is 11.4 Å². The van der Waals surface area contributed by atoms with Gasteiger partial charge in [-0.2, -0.15) is 0 Å². The normalized spacial score (nSPS) is 12.7. The van der Waals surface area contributed by atoms with Crippen molar-refractivity contribution in [2.45, 2.75) is 0 Å². The maximum absolute atomic E-state index is 8.19. The maximum atomic E-state index is 8.19. The van der Waals surface area contributed by atoms with Gasteiger partial charge in [0.15, 0.2) is 0 Å². The van der Waals surface area contributed by atoms with Gasteiger partial charge in [0, 0.05) is 18.1 Å². The van der Waals surface area contributed by atoms with Crippen molar-refractivity contribution < 1.29 is 0 Å². The molecule has 0 saturated heterocycles. The number of allylic oxidation sites excluding steroid dienone is 4. The number of nitrogens with one attached hydrogen (secondary N) is 2. The van der Waals surface area contributed by atoms with Crippen LogP contribution in [-0.2, 0) is 0 Å². The number of pyridine rings is 1. The fraction of sp³-hybridized carbons (Fsp3) is 0. The summed E-state index contributed by atoms with van der Waals surface area (Å²) in [5, 5.41) is 23.3. The summed E-state index contributed by atoms with van der Waals surface area (Å²) in [6.45, 7) is 0. The molecule has 0 radical (unpaired) electrons. The molecular weight excluding hydrogens is 548 g/mol. The molecule has 0 amide bonds. The van der Waals surface area contributed by atoms with Crippen LogP contribution >= 0.6 is 0 Å². The van der Waals surface area contributed by atoms with E-state index >= 15 is 0 Å². The van der Waals surface area contributed by atoms with Crippen molar-refractivity contribution in [3.05, 3.63) is 164 Å². The average Bonchev–Trinajstić information content (AvgIpc) is 3.09. The van der Waals surface area contributed by atoms with Gasteiger partial charge in [0.2, 0.25) is 0 Å². The van der Waals surface area contributed by atoms with Crippen LogP contribution < -0.4 is 5.73 Å². The Bertz CT molecular complexity index is 2260. The number of anilines is 1.